The molecule has 0 saturated carbocycles. The number of aryl methyl sites for hydroxylation is 2. The first-order valence-corrected chi connectivity index (χ1v) is 29.8. The number of nitrogens with one attached hydrogen (secondary N) is 2. The standard InChI is InChI=1S/C39H53NO12.C26H33NO10.CH4O2.Li.2H2O/c1-22(2)18-45-46-21-33-37(52-48-20-24(5)6)35(51-47-19-23(3)4)25(7)39(50-33)49-28-13-14-29-30(17-28)31(40-26(8)41)15-12-27-16-32(42-9)36(43-10)38(44-11)34(27)29;1-12(29)27-17-8-5-13-9-18(33-2)24(34-3)25(35-4)20(13)15-7-6-14(10-16(15)17)36-26-23(32)22(31)21(30)19(11-28)37-26;1-3-2;;;/h13-14,16-20,25,31,33,35,37,39H,12,15,21H2,1-11H3,(H,40,41);6-7,9-10,17,19,21-23,26,28,30-32H,5,8,11H2,1-4H3,(H,27,29);2H,1H3;;2*1H2/q;;;+1;;/p-1/t25-,31+,33-,35-,37-,39+;17-,19+,21+,22-,23+,26-;;;;/m10..../s1. The fourth-order valence-electron chi connectivity index (χ4n) is 11.0. The van der Waals surface area contributed by atoms with E-state index in [1.54, 1.807) is 47.7 Å². The first-order chi connectivity index (χ1) is 44.0. The van der Waals surface area contributed by atoms with Gasteiger partial charge in [0.1, 0.15) is 73.5 Å². The van der Waals surface area contributed by atoms with Gasteiger partial charge in [0, 0.05) is 25.0 Å². The summed E-state index contributed by atoms with van der Waals surface area (Å²) >= 11 is 0. The van der Waals surface area contributed by atoms with Crippen LogP contribution in [0.3, 0.4) is 0 Å². The van der Waals surface area contributed by atoms with Crippen molar-refractivity contribution in [1.29, 1.82) is 0 Å². The number of aliphatic hydroxyl groups excluding tert-OH is 4. The van der Waals surface area contributed by atoms with Crippen LogP contribution in [0.2, 0.25) is 0 Å². The molecule has 8 rings (SSSR count). The summed E-state index contributed by atoms with van der Waals surface area (Å²) in [4.78, 5) is 61.3. The molecule has 2 aliphatic heterocycles. The maximum Gasteiger partial charge on any atom is 1.00 e. The SMILES string of the molecule is COO.COc1cc2c(c(OC)c1OC)-c1ccc(O[C@H]3O[C@H](CO)[C@@H](O)[C@H](O)[C@H]3O)cc1[C@@H](NC(C)=O)CC2.COc1cc2c(c(OC)c1OC)-c1ccc(O[C@H]3O[C@H](COOC=C(C)C)[C@@H](OOC=C(C)C)[C@H](OOC=C(C)C)[C@H]3C)cc1[C@@H](NC(C)=O)CC2.O.[Li+].[OH-]. The van der Waals surface area contributed by atoms with Gasteiger partial charge in [0.2, 0.25) is 35.9 Å². The van der Waals surface area contributed by atoms with Crippen molar-refractivity contribution in [3.05, 3.63) is 106 Å². The van der Waals surface area contributed by atoms with Crippen molar-refractivity contribution < 1.29 is 147 Å². The Bertz CT molecular complexity index is 3190. The molecular formula is C66H93LiN2O26. The summed E-state index contributed by atoms with van der Waals surface area (Å²) in [5.74, 6) is 3.01. The predicted octanol–water partition coefficient (Wildman–Crippen LogP) is 4.39. The monoisotopic (exact) mass is 1340 g/mol. The normalized spacial score (nSPS) is 22.6. The molecule has 4 aromatic rings. The number of methoxy groups -OCH3 is 6. The third kappa shape index (κ3) is 20.7. The number of allylic oxidation sites excluding steroid dienone is 3. The molecule has 95 heavy (non-hydrogen) atoms. The number of fused-ring (bicyclic) bond motifs is 6. The summed E-state index contributed by atoms with van der Waals surface area (Å²) in [5.41, 5.74) is 9.51. The van der Waals surface area contributed by atoms with E-state index in [0.29, 0.717) is 71.7 Å². The molecule has 0 radical (unpaired) electrons. The van der Waals surface area contributed by atoms with Gasteiger partial charge in [-0.2, -0.15) is 14.7 Å². The summed E-state index contributed by atoms with van der Waals surface area (Å²) in [6, 6.07) is 14.1. The zero-order valence-electron chi connectivity index (χ0n) is 57.0. The van der Waals surface area contributed by atoms with Crippen LogP contribution in [0.25, 0.3) is 22.3 Å². The maximum atomic E-state index is 12.5. The quantitative estimate of drug-likeness (QED) is 0.0178. The van der Waals surface area contributed by atoms with Crippen LogP contribution in [-0.2, 0) is 66.1 Å². The molecule has 0 bridgehead atoms. The van der Waals surface area contributed by atoms with Gasteiger partial charge in [-0.15, -0.1) is 0 Å². The molecule has 10 N–H and O–H groups in total. The van der Waals surface area contributed by atoms with E-state index in [2.05, 4.69) is 15.5 Å². The average Bonchev–Trinajstić information content (AvgIpc) is 1.74. The molecule has 2 fully saturated rings. The minimum Gasteiger partial charge on any atom is -0.870 e. The molecular weight excluding hydrogens is 1240 g/mol. The number of amides is 2. The van der Waals surface area contributed by atoms with Crippen molar-refractivity contribution in [3.8, 4) is 68.2 Å². The molecule has 4 aliphatic rings. The van der Waals surface area contributed by atoms with Crippen molar-refractivity contribution in [3.63, 3.8) is 0 Å². The molecule has 0 aromatic heterocycles. The summed E-state index contributed by atoms with van der Waals surface area (Å²) in [6.07, 6.45) is -3.37. The van der Waals surface area contributed by atoms with Gasteiger partial charge in [0.15, 0.2) is 29.1 Å². The van der Waals surface area contributed by atoms with Crippen LogP contribution in [0.5, 0.6) is 46.0 Å². The number of ether oxygens (including phenoxy) is 10. The molecule has 4 aromatic carbocycles. The van der Waals surface area contributed by atoms with E-state index in [9.17, 15) is 30.0 Å². The van der Waals surface area contributed by atoms with Gasteiger partial charge < -0.3 is 104 Å². The minimum atomic E-state index is -1.57. The molecule has 524 valence electrons. The Morgan fingerprint density at radius 3 is 1.37 bits per heavy atom. The van der Waals surface area contributed by atoms with Crippen LogP contribution in [0.1, 0.15) is 109 Å². The van der Waals surface area contributed by atoms with E-state index in [4.69, 9.17) is 82.0 Å². The number of rotatable bonds is 23. The Kier molecular flexibility index (Phi) is 33.9. The van der Waals surface area contributed by atoms with E-state index < -0.39 is 67.8 Å². The minimum absolute atomic E-state index is 0. The van der Waals surface area contributed by atoms with Crippen molar-refractivity contribution in [2.75, 3.05) is 63.0 Å². The van der Waals surface area contributed by atoms with Gasteiger partial charge in [-0.1, -0.05) is 19.1 Å². The first-order valence-electron chi connectivity index (χ1n) is 29.8. The van der Waals surface area contributed by atoms with Crippen LogP contribution < -0.4 is 67.4 Å². The van der Waals surface area contributed by atoms with E-state index in [1.165, 1.54) is 46.9 Å². The van der Waals surface area contributed by atoms with Crippen LogP contribution in [0, 0.1) is 5.92 Å². The van der Waals surface area contributed by atoms with E-state index in [-0.39, 0.29) is 60.3 Å². The van der Waals surface area contributed by atoms with Crippen molar-refractivity contribution in [2.45, 2.75) is 155 Å². The molecule has 0 unspecified atom stereocenters. The second-order valence-corrected chi connectivity index (χ2v) is 22.7. The molecule has 0 spiro atoms. The second kappa shape index (κ2) is 39.2. The third-order valence-electron chi connectivity index (χ3n) is 15.1. The predicted molar refractivity (Wildman–Crippen MR) is 338 cm³/mol. The van der Waals surface area contributed by atoms with Gasteiger partial charge in [0.25, 0.3) is 0 Å². The fourth-order valence-corrected chi connectivity index (χ4v) is 11.0. The largest absolute Gasteiger partial charge is 1.00 e. The summed E-state index contributed by atoms with van der Waals surface area (Å²) in [5, 5.41) is 53.2. The van der Waals surface area contributed by atoms with Crippen LogP contribution in [0.4, 0.5) is 0 Å². The van der Waals surface area contributed by atoms with Gasteiger partial charge >= 0.3 is 18.9 Å². The zero-order valence-corrected chi connectivity index (χ0v) is 57.0. The third-order valence-corrected chi connectivity index (χ3v) is 15.1. The van der Waals surface area contributed by atoms with Gasteiger partial charge in [-0.05, 0) is 154 Å². The number of carbonyl (C=O) groups is 2. The first kappa shape index (κ1) is 82.1. The van der Waals surface area contributed by atoms with Crippen LogP contribution in [0.15, 0.2) is 84.0 Å². The number of aliphatic hydroxyl groups is 4. The van der Waals surface area contributed by atoms with Crippen molar-refractivity contribution in [2.24, 2.45) is 5.92 Å². The molecule has 2 amide bonds. The molecule has 2 aliphatic carbocycles. The molecule has 2 saturated heterocycles. The van der Waals surface area contributed by atoms with E-state index in [1.807, 2.05) is 84.9 Å². The second-order valence-electron chi connectivity index (χ2n) is 22.7. The average molecular weight is 1340 g/mol. The Morgan fingerprint density at radius 1 is 0.558 bits per heavy atom. The van der Waals surface area contributed by atoms with Crippen LogP contribution >= 0.6 is 0 Å². The Balaban J connectivity index is 0.000000483. The van der Waals surface area contributed by atoms with E-state index >= 15 is 0 Å². The fraction of sp³-hybridized carbons (Fsp3) is 0.515. The summed E-state index contributed by atoms with van der Waals surface area (Å²) in [7, 11) is 10.6. The smallest absolute Gasteiger partial charge is 0.870 e. The number of benzene rings is 4. The molecule has 29 heteroatoms. The van der Waals surface area contributed by atoms with Crippen molar-refractivity contribution >= 4 is 11.8 Å². The molecule has 2 heterocycles. The Morgan fingerprint density at radius 2 is 0.968 bits per heavy atom. The Hall–Kier alpha value is -7.08. The van der Waals surface area contributed by atoms with Crippen molar-refractivity contribution in [1.82, 2.24) is 10.6 Å². The number of hydrogen-bond donors (Lipinski definition) is 7. The Labute approximate surface area is 565 Å². The van der Waals surface area contributed by atoms with E-state index in [0.717, 1.165) is 61.2 Å². The van der Waals surface area contributed by atoms with Gasteiger partial charge in [-0.25, -0.2) is 4.89 Å². The van der Waals surface area contributed by atoms with Gasteiger partial charge in [0.05, 0.1) is 74.4 Å². The summed E-state index contributed by atoms with van der Waals surface area (Å²) < 4.78 is 58.6. The number of carbonyl (C=O) groups excluding carboxylic acids is 2. The van der Waals surface area contributed by atoms with Gasteiger partial charge in [-0.3, -0.25) is 14.8 Å². The summed E-state index contributed by atoms with van der Waals surface area (Å²) in [6.45, 7) is 15.5. The molecule has 28 nitrogen and oxygen atoms in total. The molecule has 12 atom stereocenters. The topological polar surface area (TPSA) is 378 Å². The number of hydrogen-bond acceptors (Lipinski definition) is 25. The maximum absolute atomic E-state index is 12.5. The zero-order chi connectivity index (χ0) is 67.5. The van der Waals surface area contributed by atoms with Crippen LogP contribution in [-0.4, -0.2) is 167 Å².